The van der Waals surface area contributed by atoms with Gasteiger partial charge in [0.2, 0.25) is 11.3 Å². The van der Waals surface area contributed by atoms with Gasteiger partial charge in [0.05, 0.1) is 6.61 Å². The molecule has 1 unspecified atom stereocenters. The van der Waals surface area contributed by atoms with Crippen LogP contribution in [0.4, 0.5) is 0 Å². The molecular weight excluding hydrogens is 566 g/mol. The summed E-state index contributed by atoms with van der Waals surface area (Å²) in [5.74, 6) is -8.47. The highest BCUT2D eigenvalue weighted by molar-refractivity contribution is 6.20. The Labute approximate surface area is 252 Å². The third-order valence-electron chi connectivity index (χ3n) is 7.68. The average molecular weight is 596 g/mol. The Kier molecular flexibility index (Phi) is 8.63. The molecule has 1 saturated heterocycles. The molecule has 1 aliphatic heterocycles. The lowest BCUT2D eigenvalue weighted by atomic mass is 9.67. The van der Waals surface area contributed by atoms with Crippen molar-refractivity contribution in [1.82, 2.24) is 4.90 Å². The number of Topliss-reactive ketones (excluding diaryl/α,β-unsaturated/α-hetero) is 2. The SMILES string of the molecule is O=C(c1ccccc1)N(C(=O)c1ccccc1)[C@]1(C(=O)c2ccccc2)[C@@H](O)[C@H](O)[C@@H](CO)OC1(O)C(=O)c1ccccc1. The number of ketones is 2. The zero-order chi connectivity index (χ0) is 31.5. The molecule has 44 heavy (non-hydrogen) atoms. The van der Waals surface area contributed by atoms with Crippen molar-refractivity contribution in [3.8, 4) is 0 Å². The molecule has 1 heterocycles. The first-order valence-electron chi connectivity index (χ1n) is 13.7. The van der Waals surface area contributed by atoms with Crippen LogP contribution in [0.15, 0.2) is 121 Å². The first-order chi connectivity index (χ1) is 21.2. The number of hydrogen-bond donors (Lipinski definition) is 4. The summed E-state index contributed by atoms with van der Waals surface area (Å²) < 4.78 is 5.71. The van der Waals surface area contributed by atoms with E-state index in [0.717, 1.165) is 0 Å². The van der Waals surface area contributed by atoms with Gasteiger partial charge >= 0.3 is 0 Å². The summed E-state index contributed by atoms with van der Waals surface area (Å²) in [5, 5.41) is 45.9. The van der Waals surface area contributed by atoms with Gasteiger partial charge in [0.25, 0.3) is 17.6 Å². The minimum absolute atomic E-state index is 0.141. The van der Waals surface area contributed by atoms with Crippen LogP contribution in [-0.2, 0) is 4.74 Å². The highest BCUT2D eigenvalue weighted by Gasteiger charge is 2.75. The second kappa shape index (κ2) is 12.4. The fraction of sp³-hybridized carbons (Fsp3) is 0.176. The van der Waals surface area contributed by atoms with Crippen molar-refractivity contribution in [3.05, 3.63) is 144 Å². The Morgan fingerprint density at radius 1 is 0.614 bits per heavy atom. The Balaban J connectivity index is 1.91. The van der Waals surface area contributed by atoms with E-state index in [1.54, 1.807) is 24.3 Å². The highest BCUT2D eigenvalue weighted by Crippen LogP contribution is 2.46. The number of amides is 2. The maximum absolute atomic E-state index is 14.9. The van der Waals surface area contributed by atoms with Gasteiger partial charge in [-0.1, -0.05) is 97.1 Å². The second-order valence-corrected chi connectivity index (χ2v) is 10.3. The van der Waals surface area contributed by atoms with Gasteiger partial charge in [-0.15, -0.1) is 0 Å². The van der Waals surface area contributed by atoms with E-state index in [2.05, 4.69) is 0 Å². The molecule has 1 fully saturated rings. The van der Waals surface area contributed by atoms with Gasteiger partial charge < -0.3 is 25.2 Å². The van der Waals surface area contributed by atoms with Gasteiger partial charge in [0, 0.05) is 22.3 Å². The Morgan fingerprint density at radius 2 is 0.977 bits per heavy atom. The predicted octanol–water partition coefficient (Wildman–Crippen LogP) is 2.28. The highest BCUT2D eigenvalue weighted by atomic mass is 16.7. The van der Waals surface area contributed by atoms with Crippen molar-refractivity contribution < 1.29 is 44.3 Å². The van der Waals surface area contributed by atoms with Crippen LogP contribution in [0.2, 0.25) is 0 Å². The van der Waals surface area contributed by atoms with Crippen molar-refractivity contribution in [1.29, 1.82) is 0 Å². The number of aliphatic hydroxyl groups excluding tert-OH is 3. The lowest BCUT2D eigenvalue weighted by Gasteiger charge is -2.57. The summed E-state index contributed by atoms with van der Waals surface area (Å²) in [5.41, 5.74) is -4.04. The molecule has 224 valence electrons. The van der Waals surface area contributed by atoms with Crippen molar-refractivity contribution in [3.63, 3.8) is 0 Å². The molecule has 2 amide bonds. The number of carbonyl (C=O) groups is 4. The number of imide groups is 1. The smallest absolute Gasteiger partial charge is 0.266 e. The molecule has 5 rings (SSSR count). The van der Waals surface area contributed by atoms with Gasteiger partial charge in [-0.25, -0.2) is 0 Å². The van der Waals surface area contributed by atoms with E-state index in [1.165, 1.54) is 97.1 Å². The maximum Gasteiger partial charge on any atom is 0.266 e. The van der Waals surface area contributed by atoms with Crippen LogP contribution < -0.4 is 0 Å². The summed E-state index contributed by atoms with van der Waals surface area (Å²) in [6, 6.07) is 28.8. The van der Waals surface area contributed by atoms with E-state index in [9.17, 15) is 39.6 Å². The summed E-state index contributed by atoms with van der Waals surface area (Å²) in [4.78, 5) is 58.5. The van der Waals surface area contributed by atoms with Crippen LogP contribution in [0, 0.1) is 0 Å². The molecule has 0 bridgehead atoms. The Hall–Kier alpha value is -4.84. The number of rotatable bonds is 8. The average Bonchev–Trinajstić information content (AvgIpc) is 3.08. The largest absolute Gasteiger partial charge is 0.394 e. The lowest BCUT2D eigenvalue weighted by molar-refractivity contribution is -0.319. The molecule has 10 heteroatoms. The molecule has 5 atom stereocenters. The summed E-state index contributed by atoms with van der Waals surface area (Å²) >= 11 is 0. The number of ether oxygens (including phenoxy) is 1. The zero-order valence-electron chi connectivity index (χ0n) is 23.3. The molecule has 10 nitrogen and oxygen atoms in total. The standard InChI is InChI=1S/C34H29NO9/c36-21-26-27(37)30(40)33(28(38)22-13-5-1-6-14-22,34(43,44-26)29(39)23-15-7-2-8-16-23)35(31(41)24-17-9-3-10-18-24)32(42)25-19-11-4-12-20-25/h1-20,26-27,30,36-37,40,43H,21H2/t26-,27-,30+,33-,34?/m1/s1. The number of carbonyl (C=O) groups excluding carboxylic acids is 4. The van der Waals surface area contributed by atoms with Crippen LogP contribution >= 0.6 is 0 Å². The number of aliphatic hydroxyl groups is 4. The van der Waals surface area contributed by atoms with Crippen LogP contribution in [0.25, 0.3) is 0 Å². The number of benzene rings is 4. The summed E-state index contributed by atoms with van der Waals surface area (Å²) in [7, 11) is 0. The fourth-order valence-corrected chi connectivity index (χ4v) is 5.50. The third-order valence-corrected chi connectivity index (χ3v) is 7.68. The maximum atomic E-state index is 14.9. The first-order valence-corrected chi connectivity index (χ1v) is 13.7. The quantitative estimate of drug-likeness (QED) is 0.177. The number of hydrogen-bond acceptors (Lipinski definition) is 9. The predicted molar refractivity (Wildman–Crippen MR) is 157 cm³/mol. The normalized spacial score (nSPS) is 24.7. The second-order valence-electron chi connectivity index (χ2n) is 10.3. The molecule has 0 aliphatic carbocycles. The molecule has 0 saturated carbocycles. The van der Waals surface area contributed by atoms with Gasteiger partial charge in [-0.3, -0.25) is 24.1 Å². The molecule has 0 radical (unpaired) electrons. The van der Waals surface area contributed by atoms with E-state index < -0.39 is 59.6 Å². The molecule has 0 aromatic heterocycles. The molecule has 1 aliphatic rings. The number of nitrogens with zero attached hydrogens (tertiary/aromatic N) is 1. The first kappa shape index (κ1) is 30.6. The lowest BCUT2D eigenvalue weighted by Crippen LogP contribution is -2.85. The molecule has 0 spiro atoms. The van der Waals surface area contributed by atoms with E-state index in [4.69, 9.17) is 4.74 Å². The summed E-state index contributed by atoms with van der Waals surface area (Å²) in [6.07, 6.45) is -6.51. The van der Waals surface area contributed by atoms with Crippen LogP contribution in [0.1, 0.15) is 41.4 Å². The Bertz CT molecular complexity index is 1600. The minimum Gasteiger partial charge on any atom is -0.394 e. The fourth-order valence-electron chi connectivity index (χ4n) is 5.50. The van der Waals surface area contributed by atoms with Crippen molar-refractivity contribution in [2.24, 2.45) is 0 Å². The third kappa shape index (κ3) is 4.94. The van der Waals surface area contributed by atoms with Gasteiger partial charge in [0.1, 0.15) is 18.3 Å². The molecule has 4 aromatic carbocycles. The minimum atomic E-state index is -3.53. The molecular formula is C34H29NO9. The van der Waals surface area contributed by atoms with Crippen LogP contribution in [0.3, 0.4) is 0 Å². The van der Waals surface area contributed by atoms with Crippen molar-refractivity contribution in [2.45, 2.75) is 29.6 Å². The zero-order valence-corrected chi connectivity index (χ0v) is 23.3. The van der Waals surface area contributed by atoms with Crippen LogP contribution in [-0.4, -0.2) is 85.0 Å². The van der Waals surface area contributed by atoms with E-state index in [-0.39, 0.29) is 22.3 Å². The van der Waals surface area contributed by atoms with Crippen molar-refractivity contribution >= 4 is 23.4 Å². The topological polar surface area (TPSA) is 162 Å². The van der Waals surface area contributed by atoms with E-state index in [1.807, 2.05) is 0 Å². The monoisotopic (exact) mass is 595 g/mol. The molecule has 4 N–H and O–H groups in total. The van der Waals surface area contributed by atoms with Crippen LogP contribution in [0.5, 0.6) is 0 Å². The van der Waals surface area contributed by atoms with E-state index >= 15 is 0 Å². The van der Waals surface area contributed by atoms with E-state index in [0.29, 0.717) is 4.90 Å². The van der Waals surface area contributed by atoms with Gasteiger partial charge in [-0.05, 0) is 24.3 Å². The molecule has 4 aromatic rings. The van der Waals surface area contributed by atoms with Gasteiger partial charge in [-0.2, -0.15) is 0 Å². The van der Waals surface area contributed by atoms with Gasteiger partial charge in [0.15, 0.2) is 5.78 Å². The Morgan fingerprint density at radius 3 is 1.36 bits per heavy atom. The van der Waals surface area contributed by atoms with Crippen molar-refractivity contribution in [2.75, 3.05) is 6.61 Å². The summed E-state index contributed by atoms with van der Waals surface area (Å²) in [6.45, 7) is -1.00.